The van der Waals surface area contributed by atoms with Crippen LogP contribution in [0.4, 0.5) is 11.5 Å². The third kappa shape index (κ3) is 2.14. The summed E-state index contributed by atoms with van der Waals surface area (Å²) in [5.41, 5.74) is 6.30. The van der Waals surface area contributed by atoms with E-state index in [0.717, 1.165) is 18.9 Å². The molecular weight excluding hydrogens is 246 g/mol. The molecule has 0 bridgehead atoms. The second-order valence-electron chi connectivity index (χ2n) is 3.96. The fourth-order valence-corrected chi connectivity index (χ4v) is 2.61. The number of pyridine rings is 1. The van der Waals surface area contributed by atoms with Crippen molar-refractivity contribution >= 4 is 32.9 Å². The first-order valence-corrected chi connectivity index (χ1v) is 6.55. The number of fused-ring (bicyclic) bond motifs is 1. The Balaban J connectivity index is 1.68. The monoisotopic (exact) mass is 259 g/mol. The van der Waals surface area contributed by atoms with E-state index < -0.39 is 0 Å². The number of nitrogens with one attached hydrogen (secondary N) is 1. The van der Waals surface area contributed by atoms with Gasteiger partial charge in [0.15, 0.2) is 0 Å². The van der Waals surface area contributed by atoms with E-state index in [1.807, 2.05) is 23.1 Å². The lowest BCUT2D eigenvalue weighted by Gasteiger charge is -2.06. The minimum atomic E-state index is 0.688. The molecule has 0 fully saturated rings. The number of nitrogens with zero attached hydrogens (tertiary/aromatic N) is 3. The minimum Gasteiger partial charge on any atom is -0.396 e. The smallest absolute Gasteiger partial charge is 0.134 e. The summed E-state index contributed by atoms with van der Waals surface area (Å²) in [5, 5.41) is 10.7. The van der Waals surface area contributed by atoms with Gasteiger partial charge >= 0.3 is 0 Å². The molecule has 3 aromatic heterocycles. The van der Waals surface area contributed by atoms with Crippen LogP contribution in [0.5, 0.6) is 0 Å². The van der Waals surface area contributed by atoms with Gasteiger partial charge in [-0.05, 0) is 17.5 Å². The lowest BCUT2D eigenvalue weighted by Crippen LogP contribution is -2.11. The van der Waals surface area contributed by atoms with Gasteiger partial charge in [-0.15, -0.1) is 11.3 Å². The average Bonchev–Trinajstić information content (AvgIpc) is 2.98. The van der Waals surface area contributed by atoms with Crippen molar-refractivity contribution in [2.75, 3.05) is 17.6 Å². The number of rotatable bonds is 4. The third-order valence-corrected chi connectivity index (χ3v) is 3.55. The van der Waals surface area contributed by atoms with Crippen LogP contribution in [0.1, 0.15) is 0 Å². The van der Waals surface area contributed by atoms with Crippen LogP contribution < -0.4 is 11.1 Å². The molecule has 5 nitrogen and oxygen atoms in total. The molecule has 0 saturated heterocycles. The Morgan fingerprint density at radius 3 is 3.17 bits per heavy atom. The average molecular weight is 259 g/mol. The molecular formula is C12H13N5S. The molecule has 0 atom stereocenters. The van der Waals surface area contributed by atoms with E-state index in [1.165, 1.54) is 10.1 Å². The van der Waals surface area contributed by atoms with Crippen LogP contribution >= 0.6 is 11.3 Å². The van der Waals surface area contributed by atoms with E-state index in [4.69, 9.17) is 5.73 Å². The van der Waals surface area contributed by atoms with Crippen molar-refractivity contribution in [2.24, 2.45) is 0 Å². The first-order valence-electron chi connectivity index (χ1n) is 5.67. The molecule has 0 amide bonds. The maximum absolute atomic E-state index is 5.61. The molecule has 3 N–H and O–H groups in total. The molecule has 0 aliphatic heterocycles. The number of nitrogens with two attached hydrogens (primary N) is 1. The molecule has 6 heteroatoms. The molecule has 3 heterocycles. The maximum atomic E-state index is 5.61. The lowest BCUT2D eigenvalue weighted by atomic mass is 10.3. The molecule has 92 valence electrons. The van der Waals surface area contributed by atoms with Crippen LogP contribution in [-0.4, -0.2) is 21.3 Å². The predicted molar refractivity (Wildman–Crippen MR) is 74.7 cm³/mol. The van der Waals surface area contributed by atoms with Crippen LogP contribution in [-0.2, 0) is 6.54 Å². The van der Waals surface area contributed by atoms with Crippen molar-refractivity contribution in [1.82, 2.24) is 14.8 Å². The normalized spacial score (nSPS) is 10.9. The fraction of sp³-hybridized carbons (Fsp3) is 0.167. The summed E-state index contributed by atoms with van der Waals surface area (Å²) >= 11 is 1.72. The molecule has 0 saturated carbocycles. The number of hydrogen-bond donors (Lipinski definition) is 2. The number of hydrogen-bond acceptors (Lipinski definition) is 5. The zero-order valence-corrected chi connectivity index (χ0v) is 10.5. The molecule has 18 heavy (non-hydrogen) atoms. The van der Waals surface area contributed by atoms with Gasteiger partial charge in [0.1, 0.15) is 5.82 Å². The van der Waals surface area contributed by atoms with E-state index in [-0.39, 0.29) is 0 Å². The predicted octanol–water partition coefficient (Wildman–Crippen LogP) is 2.19. The van der Waals surface area contributed by atoms with Crippen LogP contribution in [0, 0.1) is 0 Å². The highest BCUT2D eigenvalue weighted by molar-refractivity contribution is 7.17. The van der Waals surface area contributed by atoms with Crippen LogP contribution in [0.2, 0.25) is 0 Å². The highest BCUT2D eigenvalue weighted by Crippen LogP contribution is 2.25. The van der Waals surface area contributed by atoms with Crippen LogP contribution in [0.15, 0.2) is 36.1 Å². The number of aromatic nitrogens is 3. The second kappa shape index (κ2) is 4.66. The van der Waals surface area contributed by atoms with Gasteiger partial charge in [0, 0.05) is 29.0 Å². The van der Waals surface area contributed by atoms with Crippen molar-refractivity contribution < 1.29 is 0 Å². The highest BCUT2D eigenvalue weighted by atomic mass is 32.1. The second-order valence-corrected chi connectivity index (χ2v) is 4.90. The first-order chi connectivity index (χ1) is 8.83. The van der Waals surface area contributed by atoms with Gasteiger partial charge in [-0.2, -0.15) is 5.10 Å². The van der Waals surface area contributed by atoms with E-state index in [2.05, 4.69) is 26.8 Å². The SMILES string of the molecule is Nc1cnn(CCNc2nccc3sccc23)c1. The minimum absolute atomic E-state index is 0.688. The molecule has 0 spiro atoms. The molecule has 3 aromatic rings. The van der Waals surface area contributed by atoms with Gasteiger partial charge in [0.2, 0.25) is 0 Å². The topological polar surface area (TPSA) is 68.8 Å². The molecule has 3 rings (SSSR count). The summed E-state index contributed by atoms with van der Waals surface area (Å²) in [6.07, 6.45) is 5.30. The standard InChI is InChI=1S/C12H13N5S/c13-9-7-16-17(8-9)5-4-15-12-10-2-6-18-11(10)1-3-14-12/h1-3,6-8H,4-5,13H2,(H,14,15). The van der Waals surface area contributed by atoms with E-state index >= 15 is 0 Å². The summed E-state index contributed by atoms with van der Waals surface area (Å²) in [5.74, 6) is 0.925. The third-order valence-electron chi connectivity index (χ3n) is 2.67. The highest BCUT2D eigenvalue weighted by Gasteiger charge is 2.02. The van der Waals surface area contributed by atoms with Gasteiger partial charge in [0.25, 0.3) is 0 Å². The Morgan fingerprint density at radius 1 is 1.39 bits per heavy atom. The van der Waals surface area contributed by atoms with E-state index in [1.54, 1.807) is 17.5 Å². The van der Waals surface area contributed by atoms with Crippen molar-refractivity contribution in [3.8, 4) is 0 Å². The zero-order chi connectivity index (χ0) is 12.4. The van der Waals surface area contributed by atoms with Gasteiger partial charge in [-0.3, -0.25) is 4.68 Å². The summed E-state index contributed by atoms with van der Waals surface area (Å²) in [6.45, 7) is 1.53. The van der Waals surface area contributed by atoms with E-state index in [9.17, 15) is 0 Å². The molecule has 0 aliphatic carbocycles. The number of thiophene rings is 1. The van der Waals surface area contributed by atoms with Gasteiger partial charge in [-0.1, -0.05) is 0 Å². The van der Waals surface area contributed by atoms with E-state index in [0.29, 0.717) is 5.69 Å². The van der Waals surface area contributed by atoms with Crippen molar-refractivity contribution in [1.29, 1.82) is 0 Å². The van der Waals surface area contributed by atoms with Crippen molar-refractivity contribution in [3.63, 3.8) is 0 Å². The molecule has 0 radical (unpaired) electrons. The van der Waals surface area contributed by atoms with Crippen molar-refractivity contribution in [2.45, 2.75) is 6.54 Å². The summed E-state index contributed by atoms with van der Waals surface area (Å²) in [6, 6.07) is 4.11. The lowest BCUT2D eigenvalue weighted by molar-refractivity contribution is 0.637. The van der Waals surface area contributed by atoms with Gasteiger partial charge in [0.05, 0.1) is 18.4 Å². The van der Waals surface area contributed by atoms with Gasteiger partial charge < -0.3 is 11.1 Å². The Kier molecular flexibility index (Phi) is 2.85. The Hall–Kier alpha value is -2.08. The quantitative estimate of drug-likeness (QED) is 0.753. The maximum Gasteiger partial charge on any atom is 0.134 e. The summed E-state index contributed by atoms with van der Waals surface area (Å²) in [7, 11) is 0. The molecule has 0 aliphatic rings. The zero-order valence-electron chi connectivity index (χ0n) is 9.71. The molecule has 0 unspecified atom stereocenters. The van der Waals surface area contributed by atoms with Crippen LogP contribution in [0.25, 0.3) is 10.1 Å². The Labute approximate surface area is 108 Å². The van der Waals surface area contributed by atoms with Gasteiger partial charge in [-0.25, -0.2) is 4.98 Å². The Bertz CT molecular complexity index is 657. The number of nitrogen functional groups attached to an aromatic ring is 1. The summed E-state index contributed by atoms with van der Waals surface area (Å²) in [4.78, 5) is 4.36. The van der Waals surface area contributed by atoms with Crippen LogP contribution in [0.3, 0.4) is 0 Å². The largest absolute Gasteiger partial charge is 0.396 e. The molecule has 0 aromatic carbocycles. The number of anilines is 2. The first kappa shape index (κ1) is 11.0. The summed E-state index contributed by atoms with van der Waals surface area (Å²) < 4.78 is 3.06. The fourth-order valence-electron chi connectivity index (χ4n) is 1.83. The Morgan fingerprint density at radius 2 is 2.33 bits per heavy atom. The van der Waals surface area contributed by atoms with Crippen molar-refractivity contribution in [3.05, 3.63) is 36.1 Å².